The lowest BCUT2D eigenvalue weighted by atomic mass is 10.1. The Morgan fingerprint density at radius 2 is 1.85 bits per heavy atom. The Hall–Kier alpha value is -2.58. The van der Waals surface area contributed by atoms with E-state index in [4.69, 9.17) is 27.9 Å². The summed E-state index contributed by atoms with van der Waals surface area (Å²) in [5.74, 6) is -1.55. The molecule has 0 saturated heterocycles. The van der Waals surface area contributed by atoms with Crippen molar-refractivity contribution >= 4 is 65.8 Å². The van der Waals surface area contributed by atoms with E-state index in [1.165, 1.54) is 16.7 Å². The third-order valence-corrected chi connectivity index (χ3v) is 7.20. The van der Waals surface area contributed by atoms with E-state index in [1.54, 1.807) is 36.4 Å². The van der Waals surface area contributed by atoms with Gasteiger partial charge in [0.25, 0.3) is 0 Å². The van der Waals surface area contributed by atoms with Gasteiger partial charge in [-0.15, -0.1) is 0 Å². The van der Waals surface area contributed by atoms with Gasteiger partial charge in [-0.05, 0) is 36.4 Å². The summed E-state index contributed by atoms with van der Waals surface area (Å²) >= 11 is 12.7. The minimum absolute atomic E-state index is 0.0223. The van der Waals surface area contributed by atoms with Crippen molar-refractivity contribution in [3.05, 3.63) is 69.8 Å². The highest BCUT2D eigenvalue weighted by atomic mass is 35.5. The summed E-state index contributed by atoms with van der Waals surface area (Å²) in [4.78, 5) is 24.7. The molecule has 0 saturated carbocycles. The fourth-order valence-electron chi connectivity index (χ4n) is 3.35. The molecular weight excluding hydrogens is 479 g/mol. The summed E-state index contributed by atoms with van der Waals surface area (Å²) in [5, 5.41) is 13.9. The molecule has 1 amide bonds. The number of carboxylic acid groups (broad SMARTS) is 1. The highest BCUT2D eigenvalue weighted by Crippen LogP contribution is 2.36. The van der Waals surface area contributed by atoms with Gasteiger partial charge in [0.15, 0.2) is 0 Å². The fraction of sp³-hybridized carbons (Fsp3) is 0.250. The molecule has 6 nitrogen and oxygen atoms in total. The number of carbonyl (C=O) groups is 2. The number of hydrogen-bond donors (Lipinski definition) is 2. The molecule has 0 bridgehead atoms. The largest absolute Gasteiger partial charge is 0.477 e. The fourth-order valence-corrected chi connectivity index (χ4v) is 4.69. The predicted octanol–water partition coefficient (Wildman–Crippen LogP) is 6.61. The van der Waals surface area contributed by atoms with Crippen LogP contribution in [0.2, 0.25) is 35.7 Å². The van der Waals surface area contributed by atoms with Crippen molar-refractivity contribution in [3.63, 3.8) is 0 Å². The summed E-state index contributed by atoms with van der Waals surface area (Å²) in [5.41, 5.74) is 1.46. The molecule has 1 aromatic heterocycles. The molecule has 0 radical (unpaired) electrons. The number of rotatable bonds is 9. The maximum Gasteiger partial charge on any atom is 0.353 e. The van der Waals surface area contributed by atoms with Crippen molar-refractivity contribution in [1.29, 1.82) is 0 Å². The summed E-state index contributed by atoms with van der Waals surface area (Å²) in [7, 11) is -1.30. The predicted molar refractivity (Wildman–Crippen MR) is 137 cm³/mol. The van der Waals surface area contributed by atoms with Crippen molar-refractivity contribution < 1.29 is 19.4 Å². The number of aromatic carboxylic acids is 1. The lowest BCUT2D eigenvalue weighted by Crippen LogP contribution is -2.22. The average molecular weight is 505 g/mol. The van der Waals surface area contributed by atoms with Crippen LogP contribution in [0.15, 0.2) is 48.5 Å². The number of anilines is 1. The molecule has 0 unspecified atom stereocenters. The highest BCUT2D eigenvalue weighted by molar-refractivity contribution is 6.76. The summed E-state index contributed by atoms with van der Waals surface area (Å²) in [6.45, 7) is 7.28. The van der Waals surface area contributed by atoms with E-state index in [9.17, 15) is 14.7 Å². The Kier molecular flexibility index (Phi) is 8.02. The van der Waals surface area contributed by atoms with Gasteiger partial charge in [-0.1, -0.05) is 61.0 Å². The van der Waals surface area contributed by atoms with Crippen LogP contribution in [0.3, 0.4) is 0 Å². The molecule has 9 heteroatoms. The van der Waals surface area contributed by atoms with Crippen LogP contribution in [0, 0.1) is 0 Å². The van der Waals surface area contributed by atoms with Crippen LogP contribution in [0.25, 0.3) is 17.0 Å². The molecule has 0 spiro atoms. The zero-order valence-electron chi connectivity index (χ0n) is 18.7. The second-order valence-corrected chi connectivity index (χ2v) is 15.3. The summed E-state index contributed by atoms with van der Waals surface area (Å²) < 4.78 is 7.37. The Labute approximate surface area is 203 Å². The minimum Gasteiger partial charge on any atom is -0.477 e. The molecular formula is C24H26Cl2N2O4Si. The minimum atomic E-state index is -1.30. The molecule has 2 aromatic carbocycles. The Balaban J connectivity index is 1.99. The van der Waals surface area contributed by atoms with Gasteiger partial charge in [0.1, 0.15) is 12.4 Å². The molecule has 0 fully saturated rings. The van der Waals surface area contributed by atoms with Crippen molar-refractivity contribution in [1.82, 2.24) is 4.57 Å². The molecule has 1 heterocycles. The van der Waals surface area contributed by atoms with Gasteiger partial charge in [-0.3, -0.25) is 4.79 Å². The summed E-state index contributed by atoms with van der Waals surface area (Å²) in [6.07, 6.45) is 2.75. The Morgan fingerprint density at radius 1 is 1.15 bits per heavy atom. The van der Waals surface area contributed by atoms with Crippen molar-refractivity contribution in [2.45, 2.75) is 32.4 Å². The smallest absolute Gasteiger partial charge is 0.353 e. The molecule has 174 valence electrons. The normalized spacial score (nSPS) is 11.9. The number of carbonyl (C=O) groups excluding carboxylic acids is 1. The van der Waals surface area contributed by atoms with E-state index in [2.05, 4.69) is 25.0 Å². The number of carboxylic acids is 1. The lowest BCUT2D eigenvalue weighted by molar-refractivity contribution is -0.111. The molecule has 3 aromatic rings. The number of benzene rings is 2. The van der Waals surface area contributed by atoms with Gasteiger partial charge in [0.2, 0.25) is 5.91 Å². The number of nitrogens with zero attached hydrogens (tertiary/aromatic N) is 1. The van der Waals surface area contributed by atoms with Gasteiger partial charge in [0, 0.05) is 42.4 Å². The van der Waals surface area contributed by atoms with Crippen LogP contribution in [0.1, 0.15) is 16.1 Å². The van der Waals surface area contributed by atoms with E-state index >= 15 is 0 Å². The highest BCUT2D eigenvalue weighted by Gasteiger charge is 2.24. The molecule has 0 aliphatic heterocycles. The first-order chi connectivity index (χ1) is 15.6. The number of aromatic nitrogens is 1. The van der Waals surface area contributed by atoms with Crippen molar-refractivity contribution in [3.8, 4) is 0 Å². The maximum absolute atomic E-state index is 12.4. The Bertz CT molecular complexity index is 1200. The number of ether oxygens (including phenoxy) is 1. The first-order valence-corrected chi connectivity index (χ1v) is 14.9. The number of hydrogen-bond acceptors (Lipinski definition) is 3. The van der Waals surface area contributed by atoms with Gasteiger partial charge in [-0.2, -0.15) is 0 Å². The second-order valence-electron chi connectivity index (χ2n) is 8.81. The molecule has 33 heavy (non-hydrogen) atoms. The molecule has 0 aliphatic carbocycles. The standard InChI is InChI=1S/C24H26Cl2N2O4Si/c1-33(2,3)12-11-32-15-28-20-14-16(25)13-19(26)22(20)18(23(28)24(30)31)9-10-21(29)27-17-7-5-4-6-8-17/h4-10,13-14H,11-12,15H2,1-3H3,(H,27,29)(H,30,31)/b10-9+. The van der Waals surface area contributed by atoms with E-state index < -0.39 is 20.0 Å². The maximum atomic E-state index is 12.4. The molecule has 0 aliphatic rings. The van der Waals surface area contributed by atoms with Crippen LogP contribution in [0.5, 0.6) is 0 Å². The van der Waals surface area contributed by atoms with E-state index in [0.29, 0.717) is 38.8 Å². The van der Waals surface area contributed by atoms with Crippen molar-refractivity contribution in [2.75, 3.05) is 11.9 Å². The van der Waals surface area contributed by atoms with E-state index in [1.807, 2.05) is 6.07 Å². The number of amides is 1. The van der Waals surface area contributed by atoms with E-state index in [0.717, 1.165) is 6.04 Å². The van der Waals surface area contributed by atoms with E-state index in [-0.39, 0.29) is 12.4 Å². The molecule has 2 N–H and O–H groups in total. The zero-order chi connectivity index (χ0) is 24.2. The quantitative estimate of drug-likeness (QED) is 0.195. The number of para-hydroxylation sites is 1. The Morgan fingerprint density at radius 3 is 2.48 bits per heavy atom. The van der Waals surface area contributed by atoms with Crippen molar-refractivity contribution in [2.24, 2.45) is 0 Å². The molecule has 0 atom stereocenters. The third kappa shape index (κ3) is 6.48. The SMILES string of the molecule is C[Si](C)(C)CCOCn1c(C(=O)O)c(/C=C/C(=O)Nc2ccccc2)c2c(Cl)cc(Cl)cc21. The first-order valence-electron chi connectivity index (χ1n) is 10.4. The van der Waals surface area contributed by atoms with Crippen LogP contribution < -0.4 is 5.32 Å². The number of nitrogens with one attached hydrogen (secondary N) is 1. The van der Waals surface area contributed by atoms with Gasteiger partial charge < -0.3 is 19.7 Å². The lowest BCUT2D eigenvalue weighted by Gasteiger charge is -2.16. The second kappa shape index (κ2) is 10.6. The van der Waals surface area contributed by atoms with Crippen LogP contribution >= 0.6 is 23.2 Å². The topological polar surface area (TPSA) is 80.6 Å². The van der Waals surface area contributed by atoms with Crippen LogP contribution in [-0.4, -0.2) is 36.2 Å². The molecule has 3 rings (SSSR count). The monoisotopic (exact) mass is 504 g/mol. The van der Waals surface area contributed by atoms with Crippen LogP contribution in [-0.2, 0) is 16.3 Å². The van der Waals surface area contributed by atoms with Crippen LogP contribution in [0.4, 0.5) is 5.69 Å². The van der Waals surface area contributed by atoms with Gasteiger partial charge >= 0.3 is 5.97 Å². The zero-order valence-corrected chi connectivity index (χ0v) is 21.2. The number of halogens is 2. The first kappa shape index (κ1) is 25.0. The summed E-state index contributed by atoms with van der Waals surface area (Å²) in [6, 6.07) is 13.1. The number of fused-ring (bicyclic) bond motifs is 1. The third-order valence-electron chi connectivity index (χ3n) is 4.98. The average Bonchev–Trinajstić information content (AvgIpc) is 3.03. The van der Waals surface area contributed by atoms with Gasteiger partial charge in [-0.25, -0.2) is 4.79 Å². The van der Waals surface area contributed by atoms with Gasteiger partial charge in [0.05, 0.1) is 10.5 Å².